The maximum absolute atomic E-state index is 12.1. The van der Waals surface area contributed by atoms with Crippen molar-refractivity contribution in [3.63, 3.8) is 0 Å². The summed E-state index contributed by atoms with van der Waals surface area (Å²) in [6, 6.07) is 3.49. The second-order valence-corrected chi connectivity index (χ2v) is 6.13. The zero-order chi connectivity index (χ0) is 11.4. The monoisotopic (exact) mass is 270 g/mol. The van der Waals surface area contributed by atoms with Gasteiger partial charge in [-0.2, -0.15) is 0 Å². The fraction of sp³-hybridized carbons (Fsp3) is 0.583. The Morgan fingerprint density at radius 3 is 2.13 bits per heavy atom. The van der Waals surface area contributed by atoms with E-state index in [4.69, 9.17) is 4.42 Å². The second-order valence-electron chi connectivity index (χ2n) is 5.34. The molecule has 0 amide bonds. The van der Waals surface area contributed by atoms with Gasteiger partial charge in [0.1, 0.15) is 0 Å². The largest absolute Gasteiger partial charge is 0.446 e. The lowest BCUT2D eigenvalue weighted by atomic mass is 10.0. The van der Waals surface area contributed by atoms with Crippen LogP contribution in [-0.2, 0) is 0 Å². The summed E-state index contributed by atoms with van der Waals surface area (Å²) in [6.45, 7) is 8.53. The number of Topliss-reactive ketones (excluding diaryl/α,β-unsaturated/α-hetero) is 1. The average Bonchev–Trinajstić information content (AvgIpc) is 2.49. The van der Waals surface area contributed by atoms with E-state index < -0.39 is 0 Å². The van der Waals surface area contributed by atoms with E-state index in [1.807, 2.05) is 0 Å². The lowest BCUT2D eigenvalue weighted by Gasteiger charge is -2.03. The lowest BCUT2D eigenvalue weighted by molar-refractivity contribution is 0.0916. The van der Waals surface area contributed by atoms with Crippen LogP contribution in [0.25, 0.3) is 0 Å². The Labute approximate surface area is 98.2 Å². The predicted octanol–water partition coefficient (Wildman–Crippen LogP) is 3.91. The summed E-state index contributed by atoms with van der Waals surface area (Å²) in [5.74, 6) is 0.657. The van der Waals surface area contributed by atoms with Crippen LogP contribution in [0, 0.1) is 16.7 Å². The minimum Gasteiger partial charge on any atom is -0.446 e. The van der Waals surface area contributed by atoms with E-state index in [-0.39, 0.29) is 22.5 Å². The van der Waals surface area contributed by atoms with Crippen molar-refractivity contribution in [3.8, 4) is 0 Å². The summed E-state index contributed by atoms with van der Waals surface area (Å²) < 4.78 is 5.91. The van der Waals surface area contributed by atoms with Crippen LogP contribution in [-0.4, -0.2) is 5.78 Å². The molecule has 1 aromatic heterocycles. The predicted molar refractivity (Wildman–Crippen MR) is 61.8 cm³/mol. The van der Waals surface area contributed by atoms with Gasteiger partial charge < -0.3 is 4.42 Å². The van der Waals surface area contributed by atoms with Crippen LogP contribution >= 0.6 is 15.9 Å². The minimum atomic E-state index is 0.0723. The first kappa shape index (κ1) is 10.9. The fourth-order valence-corrected chi connectivity index (χ4v) is 2.75. The van der Waals surface area contributed by atoms with Crippen molar-refractivity contribution < 1.29 is 9.21 Å². The first-order valence-electron chi connectivity index (χ1n) is 5.08. The number of ketones is 1. The lowest BCUT2D eigenvalue weighted by Crippen LogP contribution is -2.06. The fourth-order valence-electron chi connectivity index (χ4n) is 2.44. The van der Waals surface area contributed by atoms with Crippen LogP contribution in [0.3, 0.4) is 0 Å². The van der Waals surface area contributed by atoms with E-state index in [9.17, 15) is 4.79 Å². The molecule has 0 aromatic carbocycles. The van der Waals surface area contributed by atoms with Crippen LogP contribution in [0.2, 0.25) is 0 Å². The van der Waals surface area contributed by atoms with Gasteiger partial charge in [-0.15, -0.1) is 0 Å². The van der Waals surface area contributed by atoms with Gasteiger partial charge in [0.25, 0.3) is 0 Å². The molecular formula is C12H15BrO2. The van der Waals surface area contributed by atoms with Gasteiger partial charge in [0.05, 0.1) is 0 Å². The van der Waals surface area contributed by atoms with Crippen molar-refractivity contribution in [1.29, 1.82) is 0 Å². The first-order valence-corrected chi connectivity index (χ1v) is 5.87. The van der Waals surface area contributed by atoms with Crippen LogP contribution < -0.4 is 0 Å². The summed E-state index contributed by atoms with van der Waals surface area (Å²) in [5.41, 5.74) is 0.146. The Bertz CT molecular complexity index is 401. The number of furan rings is 1. The normalized spacial score (nSPS) is 22.7. The van der Waals surface area contributed by atoms with Gasteiger partial charge in [0.2, 0.25) is 5.78 Å². The van der Waals surface area contributed by atoms with Gasteiger partial charge in [0.15, 0.2) is 10.4 Å². The Hall–Kier alpha value is -0.570. The van der Waals surface area contributed by atoms with Crippen molar-refractivity contribution in [2.45, 2.75) is 27.7 Å². The molecule has 0 aliphatic heterocycles. The molecule has 0 saturated heterocycles. The zero-order valence-corrected chi connectivity index (χ0v) is 11.0. The molecule has 0 spiro atoms. The molecule has 0 N–H and O–H groups in total. The van der Waals surface area contributed by atoms with Crippen molar-refractivity contribution in [2.24, 2.45) is 16.7 Å². The zero-order valence-electron chi connectivity index (χ0n) is 9.43. The molecule has 1 aliphatic carbocycles. The van der Waals surface area contributed by atoms with Gasteiger partial charge in [0, 0.05) is 5.92 Å². The van der Waals surface area contributed by atoms with Crippen LogP contribution in [0.1, 0.15) is 38.2 Å². The van der Waals surface area contributed by atoms with Crippen LogP contribution in [0.5, 0.6) is 0 Å². The molecule has 1 heterocycles. The SMILES string of the molecule is CC1(C)C(C(=O)c2ccc(Br)o2)C1(C)C. The molecule has 1 aliphatic rings. The summed E-state index contributed by atoms with van der Waals surface area (Å²) in [4.78, 5) is 12.1. The Morgan fingerprint density at radius 1 is 1.27 bits per heavy atom. The quantitative estimate of drug-likeness (QED) is 0.763. The molecule has 2 rings (SSSR count). The van der Waals surface area contributed by atoms with Crippen molar-refractivity contribution in [3.05, 3.63) is 22.6 Å². The number of hydrogen-bond acceptors (Lipinski definition) is 2. The average molecular weight is 271 g/mol. The van der Waals surface area contributed by atoms with Gasteiger partial charge in [-0.05, 0) is 38.9 Å². The maximum Gasteiger partial charge on any atom is 0.202 e. The highest BCUT2D eigenvalue weighted by molar-refractivity contribution is 9.10. The third-order valence-electron chi connectivity index (χ3n) is 4.10. The summed E-state index contributed by atoms with van der Waals surface area (Å²) in [7, 11) is 0. The molecule has 0 unspecified atom stereocenters. The van der Waals surface area contributed by atoms with Crippen molar-refractivity contribution in [2.75, 3.05) is 0 Å². The number of carbonyl (C=O) groups is 1. The third kappa shape index (κ3) is 1.40. The van der Waals surface area contributed by atoms with E-state index in [1.54, 1.807) is 12.1 Å². The first-order chi connectivity index (χ1) is 6.78. The van der Waals surface area contributed by atoms with E-state index in [0.29, 0.717) is 10.4 Å². The Balaban J connectivity index is 2.26. The van der Waals surface area contributed by atoms with E-state index >= 15 is 0 Å². The molecule has 0 bridgehead atoms. The number of halogens is 1. The molecule has 0 radical (unpaired) electrons. The summed E-state index contributed by atoms with van der Waals surface area (Å²) in [5, 5.41) is 0. The molecule has 3 heteroatoms. The van der Waals surface area contributed by atoms with E-state index in [0.717, 1.165) is 0 Å². The highest BCUT2D eigenvalue weighted by Gasteiger charge is 2.68. The number of carbonyl (C=O) groups excluding carboxylic acids is 1. The molecule has 2 nitrogen and oxygen atoms in total. The summed E-state index contributed by atoms with van der Waals surface area (Å²) >= 11 is 3.21. The van der Waals surface area contributed by atoms with Crippen molar-refractivity contribution in [1.82, 2.24) is 0 Å². The highest BCUT2D eigenvalue weighted by Crippen LogP contribution is 2.69. The Kier molecular flexibility index (Phi) is 2.16. The molecular weight excluding hydrogens is 256 g/mol. The number of rotatable bonds is 2. The maximum atomic E-state index is 12.1. The molecule has 1 fully saturated rings. The minimum absolute atomic E-state index is 0.0723. The van der Waals surface area contributed by atoms with Crippen LogP contribution in [0.4, 0.5) is 0 Å². The van der Waals surface area contributed by atoms with Gasteiger partial charge in [-0.25, -0.2) is 0 Å². The van der Waals surface area contributed by atoms with E-state index in [2.05, 4.69) is 43.6 Å². The second kappa shape index (κ2) is 2.97. The topological polar surface area (TPSA) is 30.2 Å². The van der Waals surface area contributed by atoms with Crippen molar-refractivity contribution >= 4 is 21.7 Å². The number of hydrogen-bond donors (Lipinski definition) is 0. The molecule has 1 saturated carbocycles. The smallest absolute Gasteiger partial charge is 0.202 e. The summed E-state index contributed by atoms with van der Waals surface area (Å²) in [6.07, 6.45) is 0. The molecule has 1 aromatic rings. The van der Waals surface area contributed by atoms with E-state index in [1.165, 1.54) is 0 Å². The standard InChI is InChI=1S/C12H15BrO2/c1-11(2)10(12(11,3)4)9(14)7-5-6-8(13)15-7/h5-6,10H,1-4H3. The van der Waals surface area contributed by atoms with Gasteiger partial charge in [-0.1, -0.05) is 27.7 Å². The van der Waals surface area contributed by atoms with Gasteiger partial charge >= 0.3 is 0 Å². The molecule has 0 atom stereocenters. The third-order valence-corrected chi connectivity index (χ3v) is 4.53. The molecule has 82 valence electrons. The van der Waals surface area contributed by atoms with Gasteiger partial charge in [-0.3, -0.25) is 4.79 Å². The highest BCUT2D eigenvalue weighted by atomic mass is 79.9. The van der Waals surface area contributed by atoms with Crippen LogP contribution in [0.15, 0.2) is 21.2 Å². The molecule has 15 heavy (non-hydrogen) atoms. The Morgan fingerprint density at radius 2 is 1.80 bits per heavy atom.